The fourth-order valence-electron chi connectivity index (χ4n) is 4.50. The van der Waals surface area contributed by atoms with Gasteiger partial charge in [0.2, 0.25) is 0 Å². The number of carbonyl (C=O) groups is 1. The van der Waals surface area contributed by atoms with E-state index >= 15 is 0 Å². The van der Waals surface area contributed by atoms with Gasteiger partial charge >= 0.3 is 11.7 Å². The SMILES string of the molecule is CCOC(=O)[C@@H]1CN(CCn2c(=O)[nH]c3ccccc3c2=O)CC[C@H]1c1ccc(Cl)c(Cl)c1. The molecule has 0 amide bonds. The first kappa shape index (κ1) is 23.5. The highest BCUT2D eigenvalue weighted by molar-refractivity contribution is 6.42. The first-order chi connectivity index (χ1) is 15.9. The average molecular weight is 490 g/mol. The number of nitrogens with one attached hydrogen (secondary N) is 1. The normalized spacial score (nSPS) is 19.0. The van der Waals surface area contributed by atoms with E-state index in [4.69, 9.17) is 27.9 Å². The van der Waals surface area contributed by atoms with Gasteiger partial charge in [0.15, 0.2) is 0 Å². The molecule has 1 aliphatic rings. The summed E-state index contributed by atoms with van der Waals surface area (Å²) >= 11 is 12.3. The van der Waals surface area contributed by atoms with Gasteiger partial charge in [-0.25, -0.2) is 4.79 Å². The van der Waals surface area contributed by atoms with Gasteiger partial charge in [-0.3, -0.25) is 14.2 Å². The van der Waals surface area contributed by atoms with Crippen molar-refractivity contribution >= 4 is 40.1 Å². The standard InChI is InChI=1S/C24H25Cl2N3O4/c1-2-33-23(31)18-14-28(10-9-16(18)15-7-8-19(25)20(26)13-15)11-12-29-22(30)17-5-3-4-6-21(17)27-24(29)32/h3-8,13,16,18H,2,9-12,14H2,1H3,(H,27,32)/t16-,18+/m0/s1. The molecule has 2 aromatic carbocycles. The van der Waals surface area contributed by atoms with E-state index in [-0.39, 0.29) is 29.9 Å². The monoisotopic (exact) mass is 489 g/mol. The molecule has 0 bridgehead atoms. The van der Waals surface area contributed by atoms with Gasteiger partial charge in [-0.1, -0.05) is 41.4 Å². The van der Waals surface area contributed by atoms with Crippen molar-refractivity contribution in [2.75, 3.05) is 26.2 Å². The lowest BCUT2D eigenvalue weighted by Gasteiger charge is -2.37. The predicted molar refractivity (Wildman–Crippen MR) is 129 cm³/mol. The molecule has 0 saturated carbocycles. The van der Waals surface area contributed by atoms with Crippen LogP contribution in [0.1, 0.15) is 24.8 Å². The molecular formula is C24H25Cl2N3O4. The number of esters is 1. The van der Waals surface area contributed by atoms with Crippen LogP contribution in [0.3, 0.4) is 0 Å². The van der Waals surface area contributed by atoms with Gasteiger partial charge in [0.05, 0.1) is 33.5 Å². The summed E-state index contributed by atoms with van der Waals surface area (Å²) in [5.74, 6) is -0.705. The van der Waals surface area contributed by atoms with E-state index in [0.29, 0.717) is 53.6 Å². The van der Waals surface area contributed by atoms with E-state index in [1.165, 1.54) is 4.57 Å². The van der Waals surface area contributed by atoms with Crippen LogP contribution < -0.4 is 11.2 Å². The third-order valence-corrected chi connectivity index (χ3v) is 6.93. The molecule has 9 heteroatoms. The molecule has 0 unspecified atom stereocenters. The van der Waals surface area contributed by atoms with Crippen LogP contribution >= 0.6 is 23.2 Å². The Kier molecular flexibility index (Phi) is 7.22. The van der Waals surface area contributed by atoms with E-state index in [0.717, 1.165) is 5.56 Å². The summed E-state index contributed by atoms with van der Waals surface area (Å²) in [7, 11) is 0. The lowest BCUT2D eigenvalue weighted by molar-refractivity contribution is -0.150. The molecule has 0 aliphatic carbocycles. The van der Waals surface area contributed by atoms with Crippen molar-refractivity contribution in [3.05, 3.63) is 78.9 Å². The number of likely N-dealkylation sites (tertiary alicyclic amines) is 1. The van der Waals surface area contributed by atoms with Crippen LogP contribution in [-0.2, 0) is 16.1 Å². The predicted octanol–water partition coefficient (Wildman–Crippen LogP) is 3.67. The minimum absolute atomic E-state index is 0.0538. The number of hydrogen-bond acceptors (Lipinski definition) is 5. The number of H-pyrrole nitrogens is 1. The van der Waals surface area contributed by atoms with Crippen molar-refractivity contribution in [1.29, 1.82) is 0 Å². The van der Waals surface area contributed by atoms with E-state index in [1.54, 1.807) is 37.3 Å². The van der Waals surface area contributed by atoms with Crippen LogP contribution in [-0.4, -0.2) is 46.7 Å². The highest BCUT2D eigenvalue weighted by atomic mass is 35.5. The Bertz CT molecular complexity index is 1290. The van der Waals surface area contributed by atoms with Crippen LogP contribution in [0, 0.1) is 5.92 Å². The number of ether oxygens (including phenoxy) is 1. The number of nitrogens with zero attached hydrogens (tertiary/aromatic N) is 2. The van der Waals surface area contributed by atoms with Crippen LogP contribution in [0.25, 0.3) is 10.9 Å². The van der Waals surface area contributed by atoms with E-state index in [2.05, 4.69) is 9.88 Å². The lowest BCUT2D eigenvalue weighted by atomic mass is 9.80. The number of halogens is 2. The Morgan fingerprint density at radius 2 is 1.91 bits per heavy atom. The maximum absolute atomic E-state index is 12.8. The summed E-state index contributed by atoms with van der Waals surface area (Å²) in [4.78, 5) is 42.9. The highest BCUT2D eigenvalue weighted by Gasteiger charge is 2.36. The van der Waals surface area contributed by atoms with E-state index in [9.17, 15) is 14.4 Å². The third-order valence-electron chi connectivity index (χ3n) is 6.19. The Morgan fingerprint density at radius 1 is 1.12 bits per heavy atom. The molecule has 174 valence electrons. The molecule has 33 heavy (non-hydrogen) atoms. The maximum Gasteiger partial charge on any atom is 0.328 e. The molecule has 1 N–H and O–H groups in total. The molecule has 2 heterocycles. The Labute approximate surface area is 200 Å². The molecule has 1 saturated heterocycles. The second kappa shape index (κ2) is 10.1. The highest BCUT2D eigenvalue weighted by Crippen LogP contribution is 2.36. The summed E-state index contributed by atoms with van der Waals surface area (Å²) in [5, 5.41) is 1.39. The van der Waals surface area contributed by atoms with Crippen LogP contribution in [0.4, 0.5) is 0 Å². The molecular weight excluding hydrogens is 465 g/mol. The molecule has 1 aromatic heterocycles. The van der Waals surface area contributed by atoms with Gasteiger partial charge in [0.25, 0.3) is 5.56 Å². The number of para-hydroxylation sites is 1. The number of hydrogen-bond donors (Lipinski definition) is 1. The van der Waals surface area contributed by atoms with Gasteiger partial charge in [-0.05, 0) is 55.6 Å². The molecule has 0 spiro atoms. The molecule has 0 radical (unpaired) electrons. The van der Waals surface area contributed by atoms with Crippen molar-refractivity contribution in [2.45, 2.75) is 25.8 Å². The van der Waals surface area contributed by atoms with Crippen molar-refractivity contribution < 1.29 is 9.53 Å². The summed E-state index contributed by atoms with van der Waals surface area (Å²) in [5.41, 5.74) is 0.714. The second-order valence-corrected chi connectivity index (χ2v) is 8.97. The Hall–Kier alpha value is -2.61. The quantitative estimate of drug-likeness (QED) is 0.534. The van der Waals surface area contributed by atoms with Gasteiger partial charge in [0.1, 0.15) is 0 Å². The summed E-state index contributed by atoms with van der Waals surface area (Å²) in [6.07, 6.45) is 0.713. The third kappa shape index (κ3) is 5.00. The topological polar surface area (TPSA) is 84.4 Å². The number of benzene rings is 2. The van der Waals surface area contributed by atoms with Crippen molar-refractivity contribution in [2.24, 2.45) is 5.92 Å². The molecule has 2 atom stereocenters. The number of aromatic amines is 1. The fourth-order valence-corrected chi connectivity index (χ4v) is 4.80. The summed E-state index contributed by atoms with van der Waals surface area (Å²) in [6.45, 7) is 3.94. The van der Waals surface area contributed by atoms with Gasteiger partial charge in [-0.15, -0.1) is 0 Å². The van der Waals surface area contributed by atoms with Gasteiger partial charge < -0.3 is 14.6 Å². The maximum atomic E-state index is 12.8. The number of piperidine rings is 1. The zero-order valence-electron chi connectivity index (χ0n) is 18.2. The van der Waals surface area contributed by atoms with Crippen molar-refractivity contribution in [3.63, 3.8) is 0 Å². The number of aromatic nitrogens is 2. The first-order valence-corrected chi connectivity index (χ1v) is 11.7. The first-order valence-electron chi connectivity index (χ1n) is 10.9. The smallest absolute Gasteiger partial charge is 0.328 e. The number of carbonyl (C=O) groups excluding carboxylic acids is 1. The molecule has 1 fully saturated rings. The van der Waals surface area contributed by atoms with Gasteiger partial charge in [0, 0.05) is 19.6 Å². The number of fused-ring (bicyclic) bond motifs is 1. The molecule has 4 rings (SSSR count). The van der Waals surface area contributed by atoms with E-state index in [1.807, 2.05) is 12.1 Å². The second-order valence-electron chi connectivity index (χ2n) is 8.16. The molecule has 3 aromatic rings. The van der Waals surface area contributed by atoms with Crippen molar-refractivity contribution in [3.8, 4) is 0 Å². The minimum atomic E-state index is -0.439. The van der Waals surface area contributed by atoms with E-state index < -0.39 is 5.69 Å². The van der Waals surface area contributed by atoms with Crippen molar-refractivity contribution in [1.82, 2.24) is 14.5 Å². The van der Waals surface area contributed by atoms with Crippen LogP contribution in [0.15, 0.2) is 52.1 Å². The largest absolute Gasteiger partial charge is 0.466 e. The lowest BCUT2D eigenvalue weighted by Crippen LogP contribution is -2.46. The fraction of sp³-hybridized carbons (Fsp3) is 0.375. The zero-order valence-corrected chi connectivity index (χ0v) is 19.7. The van der Waals surface area contributed by atoms with Gasteiger partial charge in [-0.2, -0.15) is 0 Å². The van der Waals surface area contributed by atoms with Crippen LogP contribution in [0.2, 0.25) is 10.0 Å². The van der Waals surface area contributed by atoms with Crippen LogP contribution in [0.5, 0.6) is 0 Å². The zero-order chi connectivity index (χ0) is 23.5. The average Bonchev–Trinajstić information content (AvgIpc) is 2.81. The minimum Gasteiger partial charge on any atom is -0.466 e. The number of rotatable bonds is 6. The molecule has 1 aliphatic heterocycles. The Balaban J connectivity index is 1.53. The summed E-state index contributed by atoms with van der Waals surface area (Å²) in [6, 6.07) is 12.4. The summed E-state index contributed by atoms with van der Waals surface area (Å²) < 4.78 is 6.56. The Morgan fingerprint density at radius 3 is 2.67 bits per heavy atom. The molecule has 7 nitrogen and oxygen atoms in total.